The van der Waals surface area contributed by atoms with Gasteiger partial charge in [0.2, 0.25) is 0 Å². The smallest absolute Gasteiger partial charge is 0.319 e. The minimum atomic E-state index is -0.565. The van der Waals surface area contributed by atoms with Gasteiger partial charge in [0.1, 0.15) is 12.4 Å². The van der Waals surface area contributed by atoms with E-state index in [-0.39, 0.29) is 13.0 Å². The lowest BCUT2D eigenvalue weighted by atomic mass is 9.97. The van der Waals surface area contributed by atoms with Crippen LogP contribution in [0.25, 0.3) is 0 Å². The highest BCUT2D eigenvalue weighted by Crippen LogP contribution is 2.36. The number of fused-ring (bicyclic) bond motifs is 1. The monoisotopic (exact) mass is 282 g/mol. The van der Waals surface area contributed by atoms with Gasteiger partial charge in [-0.3, -0.25) is 9.59 Å². The molecule has 0 saturated heterocycles. The Kier molecular flexibility index (Phi) is 3.69. The quantitative estimate of drug-likeness (QED) is 0.639. The number of hydrogen-bond donors (Lipinski definition) is 0. The van der Waals surface area contributed by atoms with E-state index in [1.54, 1.807) is 18.2 Å². The molecule has 0 saturated carbocycles. The molecule has 0 aliphatic carbocycles. The predicted octanol–water partition coefficient (Wildman–Crippen LogP) is 2.82. The highest BCUT2D eigenvalue weighted by Gasteiger charge is 2.34. The van der Waals surface area contributed by atoms with Crippen LogP contribution in [0.2, 0.25) is 0 Å². The maximum atomic E-state index is 11.9. The highest BCUT2D eigenvalue weighted by molar-refractivity contribution is 5.90. The van der Waals surface area contributed by atoms with Crippen LogP contribution in [0.15, 0.2) is 54.6 Å². The maximum Gasteiger partial charge on any atom is 0.319 e. The first-order valence-corrected chi connectivity index (χ1v) is 6.74. The second-order valence-corrected chi connectivity index (χ2v) is 4.86. The molecule has 4 nitrogen and oxygen atoms in total. The van der Waals surface area contributed by atoms with Gasteiger partial charge in [-0.05, 0) is 11.6 Å². The molecule has 0 bridgehead atoms. The van der Waals surface area contributed by atoms with E-state index in [0.29, 0.717) is 5.75 Å². The minimum absolute atomic E-state index is 0.00266. The Bertz CT molecular complexity index is 664. The van der Waals surface area contributed by atoms with Gasteiger partial charge in [-0.25, -0.2) is 0 Å². The van der Waals surface area contributed by atoms with E-state index in [0.717, 1.165) is 11.1 Å². The molecular weight excluding hydrogens is 268 g/mol. The standard InChI is InChI=1S/C17H14O4/c18-16(20-11-12-6-2-1-3-7-12)10-14-13-8-4-5-9-15(13)21-17(14)19/h1-9,14H,10-11H2. The van der Waals surface area contributed by atoms with Crippen LogP contribution in [0.1, 0.15) is 23.5 Å². The second-order valence-electron chi connectivity index (χ2n) is 4.86. The SMILES string of the molecule is O=C(CC1C(=O)Oc2ccccc21)OCc1ccccc1. The number of carbonyl (C=O) groups is 2. The zero-order valence-corrected chi connectivity index (χ0v) is 11.3. The molecule has 4 heteroatoms. The van der Waals surface area contributed by atoms with Gasteiger partial charge in [0.25, 0.3) is 0 Å². The Morgan fingerprint density at radius 1 is 1.05 bits per heavy atom. The summed E-state index contributed by atoms with van der Waals surface area (Å²) in [7, 11) is 0. The number of benzene rings is 2. The summed E-state index contributed by atoms with van der Waals surface area (Å²) >= 11 is 0. The highest BCUT2D eigenvalue weighted by atomic mass is 16.5. The summed E-state index contributed by atoms with van der Waals surface area (Å²) in [6, 6.07) is 16.6. The number of ether oxygens (including phenoxy) is 2. The number of carbonyl (C=O) groups excluding carboxylic acids is 2. The lowest BCUT2D eigenvalue weighted by Crippen LogP contribution is -2.16. The molecule has 1 aliphatic heterocycles. The lowest BCUT2D eigenvalue weighted by Gasteiger charge is -2.08. The van der Waals surface area contributed by atoms with E-state index < -0.39 is 17.9 Å². The Morgan fingerprint density at radius 2 is 1.76 bits per heavy atom. The zero-order chi connectivity index (χ0) is 14.7. The number of hydrogen-bond acceptors (Lipinski definition) is 4. The van der Waals surface area contributed by atoms with Crippen LogP contribution in [0.3, 0.4) is 0 Å². The minimum Gasteiger partial charge on any atom is -0.461 e. The molecule has 0 spiro atoms. The van der Waals surface area contributed by atoms with Crippen LogP contribution in [0, 0.1) is 0 Å². The van der Waals surface area contributed by atoms with Crippen LogP contribution in [-0.4, -0.2) is 11.9 Å². The predicted molar refractivity (Wildman–Crippen MR) is 75.7 cm³/mol. The van der Waals surface area contributed by atoms with Crippen LogP contribution in [-0.2, 0) is 20.9 Å². The van der Waals surface area contributed by atoms with Crippen LogP contribution >= 0.6 is 0 Å². The van der Waals surface area contributed by atoms with Gasteiger partial charge in [0.15, 0.2) is 0 Å². The van der Waals surface area contributed by atoms with E-state index in [2.05, 4.69) is 0 Å². The first-order valence-electron chi connectivity index (χ1n) is 6.74. The van der Waals surface area contributed by atoms with Crippen molar-refractivity contribution in [2.75, 3.05) is 0 Å². The van der Waals surface area contributed by atoms with Gasteiger partial charge in [0.05, 0.1) is 12.3 Å². The molecule has 1 atom stereocenters. The zero-order valence-electron chi connectivity index (χ0n) is 11.3. The van der Waals surface area contributed by atoms with Crippen LogP contribution in [0.4, 0.5) is 0 Å². The van der Waals surface area contributed by atoms with Gasteiger partial charge < -0.3 is 9.47 Å². The van der Waals surface area contributed by atoms with E-state index >= 15 is 0 Å². The van der Waals surface area contributed by atoms with Crippen molar-refractivity contribution in [1.82, 2.24) is 0 Å². The molecule has 0 N–H and O–H groups in total. The first kappa shape index (κ1) is 13.4. The third kappa shape index (κ3) is 2.94. The van der Waals surface area contributed by atoms with Crippen molar-refractivity contribution < 1.29 is 19.1 Å². The fourth-order valence-corrected chi connectivity index (χ4v) is 2.32. The molecule has 1 heterocycles. The summed E-state index contributed by atoms with van der Waals surface area (Å²) in [4.78, 5) is 23.7. The third-order valence-electron chi connectivity index (χ3n) is 3.40. The summed E-state index contributed by atoms with van der Waals surface area (Å²) in [6.07, 6.45) is 0.00266. The normalized spacial score (nSPS) is 16.2. The summed E-state index contributed by atoms with van der Waals surface area (Å²) < 4.78 is 10.3. The summed E-state index contributed by atoms with van der Waals surface area (Å²) in [5.74, 6) is -0.835. The van der Waals surface area contributed by atoms with E-state index in [1.807, 2.05) is 36.4 Å². The van der Waals surface area contributed by atoms with Crippen LogP contribution in [0.5, 0.6) is 5.75 Å². The van der Waals surface area contributed by atoms with Crippen molar-refractivity contribution in [2.45, 2.75) is 18.9 Å². The van der Waals surface area contributed by atoms with Crippen molar-refractivity contribution in [2.24, 2.45) is 0 Å². The third-order valence-corrected chi connectivity index (χ3v) is 3.40. The average molecular weight is 282 g/mol. The Labute approximate surface area is 122 Å². The van der Waals surface area contributed by atoms with Crippen molar-refractivity contribution in [3.05, 3.63) is 65.7 Å². The number of rotatable bonds is 4. The molecule has 21 heavy (non-hydrogen) atoms. The Morgan fingerprint density at radius 3 is 2.57 bits per heavy atom. The fourth-order valence-electron chi connectivity index (χ4n) is 2.32. The Balaban J connectivity index is 1.62. The van der Waals surface area contributed by atoms with E-state index in [9.17, 15) is 9.59 Å². The summed E-state index contributed by atoms with van der Waals surface area (Å²) in [6.45, 7) is 0.211. The molecule has 2 aromatic carbocycles. The average Bonchev–Trinajstić information content (AvgIpc) is 2.82. The molecule has 0 aromatic heterocycles. The topological polar surface area (TPSA) is 52.6 Å². The molecular formula is C17H14O4. The fraction of sp³-hybridized carbons (Fsp3) is 0.176. The lowest BCUT2D eigenvalue weighted by molar-refractivity contribution is -0.148. The second kappa shape index (κ2) is 5.79. The van der Waals surface area contributed by atoms with Crippen molar-refractivity contribution in [3.63, 3.8) is 0 Å². The Hall–Kier alpha value is -2.62. The number of esters is 2. The van der Waals surface area contributed by atoms with Gasteiger partial charge in [-0.2, -0.15) is 0 Å². The van der Waals surface area contributed by atoms with Gasteiger partial charge >= 0.3 is 11.9 Å². The molecule has 0 amide bonds. The largest absolute Gasteiger partial charge is 0.461 e. The molecule has 1 aliphatic rings. The van der Waals surface area contributed by atoms with Gasteiger partial charge in [-0.1, -0.05) is 48.5 Å². The van der Waals surface area contributed by atoms with Crippen molar-refractivity contribution in [1.29, 1.82) is 0 Å². The van der Waals surface area contributed by atoms with Crippen LogP contribution < -0.4 is 4.74 Å². The summed E-state index contributed by atoms with van der Waals surface area (Å²) in [5, 5.41) is 0. The molecule has 3 rings (SSSR count). The molecule has 0 fully saturated rings. The van der Waals surface area contributed by atoms with Gasteiger partial charge in [0, 0.05) is 5.56 Å². The van der Waals surface area contributed by atoms with Crippen molar-refractivity contribution in [3.8, 4) is 5.75 Å². The molecule has 0 radical (unpaired) electrons. The molecule has 106 valence electrons. The molecule has 2 aromatic rings. The number of para-hydroxylation sites is 1. The molecule has 1 unspecified atom stereocenters. The summed E-state index contributed by atoms with van der Waals surface area (Å²) in [5.41, 5.74) is 1.67. The van der Waals surface area contributed by atoms with E-state index in [1.165, 1.54) is 0 Å². The van der Waals surface area contributed by atoms with Gasteiger partial charge in [-0.15, -0.1) is 0 Å². The first-order chi connectivity index (χ1) is 10.2. The van der Waals surface area contributed by atoms with Crippen molar-refractivity contribution >= 4 is 11.9 Å². The maximum absolute atomic E-state index is 11.9. The van der Waals surface area contributed by atoms with E-state index in [4.69, 9.17) is 9.47 Å².